The van der Waals surface area contributed by atoms with Gasteiger partial charge in [0.1, 0.15) is 6.54 Å². The minimum atomic E-state index is -0.242. The number of aromatic nitrogens is 2. The number of fused-ring (bicyclic) bond motifs is 1. The molecule has 34 heavy (non-hydrogen) atoms. The molecule has 3 aromatic rings. The average Bonchev–Trinajstić information content (AvgIpc) is 3.50. The van der Waals surface area contributed by atoms with E-state index in [2.05, 4.69) is 16.5 Å². The number of anilines is 1. The van der Waals surface area contributed by atoms with E-state index < -0.39 is 0 Å². The predicted molar refractivity (Wildman–Crippen MR) is 132 cm³/mol. The molecule has 2 fully saturated rings. The van der Waals surface area contributed by atoms with E-state index in [0.717, 1.165) is 47.2 Å². The molecule has 176 valence electrons. The van der Waals surface area contributed by atoms with Gasteiger partial charge in [0, 0.05) is 30.1 Å². The highest BCUT2D eigenvalue weighted by molar-refractivity contribution is 5.95. The zero-order valence-electron chi connectivity index (χ0n) is 19.9. The molecule has 2 amide bonds. The lowest BCUT2D eigenvalue weighted by Gasteiger charge is -2.33. The lowest BCUT2D eigenvalue weighted by molar-refractivity contribution is -0.133. The molecular formula is C27H30N4O3. The van der Waals surface area contributed by atoms with Crippen molar-refractivity contribution in [1.82, 2.24) is 14.7 Å². The standard InChI is InChI=1S/C27H30N4O3/c1-17-12-18(2)14-20(13-17)28-25(33)23-15-27(23)8-10-30(11-9-27)24(32)16-31-26(34)22-7-5-4-6-21(22)19(3)29-31/h4-7,12-14,23H,8-11,15-16H2,1-3H3,(H,28,33)/t23-/m0/s1. The Morgan fingerprint density at radius 2 is 1.68 bits per heavy atom. The lowest BCUT2D eigenvalue weighted by atomic mass is 9.90. The maximum absolute atomic E-state index is 13.0. The fourth-order valence-electron chi connectivity index (χ4n) is 5.49. The van der Waals surface area contributed by atoms with E-state index in [0.29, 0.717) is 18.5 Å². The topological polar surface area (TPSA) is 84.3 Å². The summed E-state index contributed by atoms with van der Waals surface area (Å²) in [5, 5.41) is 8.85. The fourth-order valence-corrected chi connectivity index (χ4v) is 5.49. The van der Waals surface area contributed by atoms with E-state index in [1.807, 2.05) is 51.1 Å². The number of hydrogen-bond acceptors (Lipinski definition) is 4. The summed E-state index contributed by atoms with van der Waals surface area (Å²) in [5.74, 6) is -0.0267. The first-order chi connectivity index (χ1) is 16.3. The van der Waals surface area contributed by atoms with Crippen molar-refractivity contribution in [2.75, 3.05) is 18.4 Å². The first-order valence-electron chi connectivity index (χ1n) is 11.9. The number of carbonyl (C=O) groups is 2. The van der Waals surface area contributed by atoms with Crippen LogP contribution in [0.4, 0.5) is 5.69 Å². The summed E-state index contributed by atoms with van der Waals surface area (Å²) in [5.41, 5.74) is 3.59. The second-order valence-electron chi connectivity index (χ2n) is 9.96. The van der Waals surface area contributed by atoms with Gasteiger partial charge < -0.3 is 10.2 Å². The molecule has 7 heteroatoms. The molecule has 0 unspecified atom stereocenters. The van der Waals surface area contributed by atoms with E-state index in [4.69, 9.17) is 0 Å². The number of nitrogens with zero attached hydrogens (tertiary/aromatic N) is 3. The summed E-state index contributed by atoms with van der Waals surface area (Å²) in [4.78, 5) is 40.4. The summed E-state index contributed by atoms with van der Waals surface area (Å²) in [6, 6.07) is 13.4. The number of rotatable bonds is 4. The van der Waals surface area contributed by atoms with E-state index in [1.54, 1.807) is 11.0 Å². The Hall–Kier alpha value is -3.48. The van der Waals surface area contributed by atoms with Crippen LogP contribution in [0.2, 0.25) is 0 Å². The van der Waals surface area contributed by atoms with Gasteiger partial charge in [-0.05, 0) is 74.8 Å². The highest BCUT2D eigenvalue weighted by Gasteiger charge is 2.58. The van der Waals surface area contributed by atoms with Gasteiger partial charge in [0.05, 0.1) is 11.1 Å². The van der Waals surface area contributed by atoms with Crippen molar-refractivity contribution in [2.45, 2.75) is 46.6 Å². The Bertz CT molecular complexity index is 1330. The van der Waals surface area contributed by atoms with Crippen LogP contribution in [0, 0.1) is 32.1 Å². The Kier molecular flexibility index (Phi) is 5.50. The first-order valence-corrected chi connectivity index (χ1v) is 11.9. The third-order valence-electron chi connectivity index (χ3n) is 7.44. The number of amides is 2. The molecule has 1 N–H and O–H groups in total. The van der Waals surface area contributed by atoms with Crippen LogP contribution in [0.25, 0.3) is 10.8 Å². The fraction of sp³-hybridized carbons (Fsp3) is 0.407. The van der Waals surface area contributed by atoms with Crippen LogP contribution in [0.3, 0.4) is 0 Å². The third kappa shape index (κ3) is 4.11. The van der Waals surface area contributed by atoms with Crippen LogP contribution in [-0.4, -0.2) is 39.6 Å². The SMILES string of the molecule is Cc1cc(C)cc(NC(=O)[C@@H]2CC23CCN(C(=O)Cn2nc(C)c4ccccc4c2=O)CC3)c1. The number of benzene rings is 2. The largest absolute Gasteiger partial charge is 0.341 e. The molecular weight excluding hydrogens is 428 g/mol. The molecule has 1 aliphatic carbocycles. The van der Waals surface area contributed by atoms with Crippen molar-refractivity contribution < 1.29 is 9.59 Å². The number of likely N-dealkylation sites (tertiary alicyclic amines) is 1. The van der Waals surface area contributed by atoms with Crippen molar-refractivity contribution in [3.05, 3.63) is 69.6 Å². The lowest BCUT2D eigenvalue weighted by Crippen LogP contribution is -2.43. The summed E-state index contributed by atoms with van der Waals surface area (Å²) in [6.45, 7) is 7.05. The van der Waals surface area contributed by atoms with E-state index in [9.17, 15) is 14.4 Å². The number of aryl methyl sites for hydroxylation is 3. The molecule has 1 saturated heterocycles. The van der Waals surface area contributed by atoms with Gasteiger partial charge in [0.25, 0.3) is 5.56 Å². The first kappa shape index (κ1) is 22.3. The zero-order valence-corrected chi connectivity index (χ0v) is 19.9. The van der Waals surface area contributed by atoms with Crippen LogP contribution >= 0.6 is 0 Å². The molecule has 2 aromatic carbocycles. The second-order valence-corrected chi connectivity index (χ2v) is 9.96. The quantitative estimate of drug-likeness (QED) is 0.648. The minimum Gasteiger partial charge on any atom is -0.341 e. The van der Waals surface area contributed by atoms with Crippen LogP contribution in [0.1, 0.15) is 36.1 Å². The van der Waals surface area contributed by atoms with Crippen molar-refractivity contribution in [1.29, 1.82) is 0 Å². The van der Waals surface area contributed by atoms with Gasteiger partial charge in [-0.25, -0.2) is 4.68 Å². The molecule has 2 heterocycles. The average molecular weight is 459 g/mol. The Labute approximate surface area is 198 Å². The van der Waals surface area contributed by atoms with Crippen LogP contribution in [0.5, 0.6) is 0 Å². The van der Waals surface area contributed by atoms with Crippen LogP contribution in [0.15, 0.2) is 47.3 Å². The molecule has 0 bridgehead atoms. The number of carbonyl (C=O) groups excluding carboxylic acids is 2. The molecule has 2 aliphatic rings. The minimum absolute atomic E-state index is 0.00186. The Morgan fingerprint density at radius 1 is 1.03 bits per heavy atom. The van der Waals surface area contributed by atoms with Gasteiger partial charge >= 0.3 is 0 Å². The normalized spacial score (nSPS) is 18.8. The maximum Gasteiger partial charge on any atom is 0.275 e. The van der Waals surface area contributed by atoms with Crippen LogP contribution < -0.4 is 10.9 Å². The van der Waals surface area contributed by atoms with Crippen molar-refractivity contribution in [3.63, 3.8) is 0 Å². The number of nitrogens with one attached hydrogen (secondary N) is 1. The molecule has 1 saturated carbocycles. The summed E-state index contributed by atoms with van der Waals surface area (Å²) >= 11 is 0. The molecule has 1 aliphatic heterocycles. The molecule has 7 nitrogen and oxygen atoms in total. The molecule has 5 rings (SSSR count). The maximum atomic E-state index is 13.0. The number of piperidine rings is 1. The zero-order chi connectivity index (χ0) is 24.0. The molecule has 0 radical (unpaired) electrons. The highest BCUT2D eigenvalue weighted by Crippen LogP contribution is 2.59. The van der Waals surface area contributed by atoms with E-state index >= 15 is 0 Å². The van der Waals surface area contributed by atoms with Crippen molar-refractivity contribution in [3.8, 4) is 0 Å². The second kappa shape index (κ2) is 8.38. The van der Waals surface area contributed by atoms with Gasteiger partial charge in [-0.1, -0.05) is 24.3 Å². The molecule has 1 atom stereocenters. The summed E-state index contributed by atoms with van der Waals surface area (Å²) in [6.07, 6.45) is 2.49. The smallest absolute Gasteiger partial charge is 0.275 e. The van der Waals surface area contributed by atoms with Gasteiger partial charge in [-0.3, -0.25) is 14.4 Å². The Morgan fingerprint density at radius 3 is 2.35 bits per heavy atom. The summed E-state index contributed by atoms with van der Waals surface area (Å²) < 4.78 is 1.28. The van der Waals surface area contributed by atoms with Crippen molar-refractivity contribution >= 4 is 28.3 Å². The molecule has 1 aromatic heterocycles. The predicted octanol–water partition coefficient (Wildman–Crippen LogP) is 3.59. The third-order valence-corrected chi connectivity index (χ3v) is 7.44. The van der Waals surface area contributed by atoms with E-state index in [-0.39, 0.29) is 35.3 Å². The monoisotopic (exact) mass is 458 g/mol. The van der Waals surface area contributed by atoms with Gasteiger partial charge in [0.15, 0.2) is 0 Å². The van der Waals surface area contributed by atoms with E-state index in [1.165, 1.54) is 4.68 Å². The van der Waals surface area contributed by atoms with Crippen LogP contribution in [-0.2, 0) is 16.1 Å². The highest BCUT2D eigenvalue weighted by atomic mass is 16.2. The number of hydrogen-bond donors (Lipinski definition) is 1. The van der Waals surface area contributed by atoms with Gasteiger partial charge in [0.2, 0.25) is 11.8 Å². The van der Waals surface area contributed by atoms with Crippen molar-refractivity contribution in [2.24, 2.45) is 11.3 Å². The van der Waals surface area contributed by atoms with Gasteiger partial charge in [-0.2, -0.15) is 5.10 Å². The summed E-state index contributed by atoms with van der Waals surface area (Å²) in [7, 11) is 0. The Balaban J connectivity index is 1.20. The molecule has 1 spiro atoms. The van der Waals surface area contributed by atoms with Gasteiger partial charge in [-0.15, -0.1) is 0 Å².